The summed E-state index contributed by atoms with van der Waals surface area (Å²) in [6.45, 7) is 8.92. The molecule has 0 saturated heterocycles. The minimum atomic E-state index is 0.198. The van der Waals surface area contributed by atoms with E-state index in [9.17, 15) is 0 Å². The summed E-state index contributed by atoms with van der Waals surface area (Å²) < 4.78 is 1.37. The summed E-state index contributed by atoms with van der Waals surface area (Å²) in [5.41, 5.74) is 1.56. The van der Waals surface area contributed by atoms with Crippen LogP contribution in [-0.2, 0) is 0 Å². The molecule has 0 bridgehead atoms. The lowest BCUT2D eigenvalue weighted by Gasteiger charge is -2.10. The van der Waals surface area contributed by atoms with Crippen LogP contribution in [0.3, 0.4) is 0 Å². The molecule has 0 aliphatic heterocycles. The molecule has 3 rings (SSSR count). The van der Waals surface area contributed by atoms with Crippen molar-refractivity contribution in [3.63, 3.8) is 0 Å². The van der Waals surface area contributed by atoms with Crippen molar-refractivity contribution in [3.05, 3.63) is 59.0 Å². The number of fused-ring (bicyclic) bond motifs is 3. The molecule has 3 aromatic rings. The smallest absolute Gasteiger partial charge is 0.0361 e. The van der Waals surface area contributed by atoms with Crippen LogP contribution >= 0.6 is 11.3 Å². The Kier molecular flexibility index (Phi) is 4.41. The molecular weight excluding hydrogens is 296 g/mol. The van der Waals surface area contributed by atoms with Gasteiger partial charge >= 0.3 is 0 Å². The maximum Gasteiger partial charge on any atom is 0.0361 e. The number of rotatable bonds is 3. The fourth-order valence-corrected chi connectivity index (χ4v) is 3.87. The number of thiophene rings is 1. The van der Waals surface area contributed by atoms with E-state index in [2.05, 4.69) is 88.4 Å². The van der Waals surface area contributed by atoms with E-state index in [1.54, 1.807) is 0 Å². The van der Waals surface area contributed by atoms with Crippen LogP contribution in [0.25, 0.3) is 33.0 Å². The summed E-state index contributed by atoms with van der Waals surface area (Å²) >= 11 is 1.89. The van der Waals surface area contributed by atoms with Gasteiger partial charge in [0.1, 0.15) is 0 Å². The predicted molar refractivity (Wildman–Crippen MR) is 107 cm³/mol. The molecule has 0 nitrogen and oxygen atoms in total. The Balaban J connectivity index is 2.30. The van der Waals surface area contributed by atoms with Crippen LogP contribution in [0, 0.1) is 5.41 Å². The minimum absolute atomic E-state index is 0.198. The molecule has 23 heavy (non-hydrogen) atoms. The van der Waals surface area contributed by atoms with Crippen molar-refractivity contribution in [3.8, 4) is 0 Å². The summed E-state index contributed by atoms with van der Waals surface area (Å²) in [4.78, 5) is 1.36. The molecule has 0 aliphatic rings. The zero-order chi connectivity index (χ0) is 16.4. The molecule has 118 valence electrons. The van der Waals surface area contributed by atoms with E-state index in [1.165, 1.54) is 31.3 Å². The molecule has 1 heteroatoms. The molecule has 0 radical (unpaired) electrons. The molecule has 0 spiro atoms. The van der Waals surface area contributed by atoms with E-state index in [0.29, 0.717) is 0 Å². The van der Waals surface area contributed by atoms with Gasteiger partial charge < -0.3 is 0 Å². The Morgan fingerprint density at radius 3 is 2.52 bits per heavy atom. The minimum Gasteiger partial charge on any atom is -0.135 e. The second-order valence-corrected chi connectivity index (χ2v) is 8.13. The molecular formula is C22H24S. The number of allylic oxidation sites excluding steroid dienone is 2. The van der Waals surface area contributed by atoms with Crippen molar-refractivity contribution >= 4 is 44.3 Å². The first-order valence-corrected chi connectivity index (χ1v) is 9.11. The van der Waals surface area contributed by atoms with E-state index in [0.717, 1.165) is 6.42 Å². The highest BCUT2D eigenvalue weighted by molar-refractivity contribution is 7.20. The average Bonchev–Trinajstić information content (AvgIpc) is 2.88. The first kappa shape index (κ1) is 16.0. The van der Waals surface area contributed by atoms with Gasteiger partial charge in [-0.1, -0.05) is 76.3 Å². The summed E-state index contributed by atoms with van der Waals surface area (Å²) in [6.07, 6.45) is 10.2. The van der Waals surface area contributed by atoms with Gasteiger partial charge in [0.25, 0.3) is 0 Å². The van der Waals surface area contributed by atoms with Crippen LogP contribution in [0.5, 0.6) is 0 Å². The molecule has 1 heterocycles. The summed E-state index contributed by atoms with van der Waals surface area (Å²) in [7, 11) is 0. The van der Waals surface area contributed by atoms with Crippen molar-refractivity contribution in [1.29, 1.82) is 0 Å². The average molecular weight is 321 g/mol. The lowest BCUT2D eigenvalue weighted by molar-refractivity contribution is 0.547. The molecule has 1 aromatic heterocycles. The van der Waals surface area contributed by atoms with E-state index < -0.39 is 0 Å². The summed E-state index contributed by atoms with van der Waals surface area (Å²) in [6, 6.07) is 13.2. The Morgan fingerprint density at radius 1 is 1.00 bits per heavy atom. The molecule has 0 fully saturated rings. The standard InChI is InChI=1S/C22H24S/c1-5-6-10-18-19(14-15-22(2,3)4)23-20-13-12-16-9-7-8-11-17(16)21(18)20/h6-15H,5H2,1-4H3/b10-6-,15-14+. The van der Waals surface area contributed by atoms with E-state index in [1.807, 2.05) is 11.3 Å². The molecule has 0 aliphatic carbocycles. The van der Waals surface area contributed by atoms with Crippen LogP contribution < -0.4 is 0 Å². The van der Waals surface area contributed by atoms with Gasteiger partial charge in [0.05, 0.1) is 0 Å². The quantitative estimate of drug-likeness (QED) is 0.467. The Labute approximate surface area is 143 Å². The SMILES string of the molecule is CC/C=C\c1c(/C=C/C(C)(C)C)sc2ccc3ccccc3c12. The maximum absolute atomic E-state index is 2.31. The lowest BCUT2D eigenvalue weighted by Crippen LogP contribution is -1.97. The molecule has 0 unspecified atom stereocenters. The van der Waals surface area contributed by atoms with Gasteiger partial charge in [-0.15, -0.1) is 11.3 Å². The highest BCUT2D eigenvalue weighted by Crippen LogP contribution is 2.38. The third-order valence-electron chi connectivity index (χ3n) is 3.90. The zero-order valence-electron chi connectivity index (χ0n) is 14.4. The predicted octanol–water partition coefficient (Wildman–Crippen LogP) is 7.54. The molecule has 0 saturated carbocycles. The van der Waals surface area contributed by atoms with Crippen LogP contribution in [0.1, 0.15) is 44.6 Å². The normalized spacial score (nSPS) is 13.0. The Hall–Kier alpha value is -1.86. The third kappa shape index (κ3) is 3.40. The van der Waals surface area contributed by atoms with E-state index in [4.69, 9.17) is 0 Å². The van der Waals surface area contributed by atoms with Gasteiger partial charge in [0.15, 0.2) is 0 Å². The van der Waals surface area contributed by atoms with Crippen molar-refractivity contribution in [2.45, 2.75) is 34.1 Å². The second kappa shape index (κ2) is 6.33. The fourth-order valence-electron chi connectivity index (χ4n) is 2.76. The van der Waals surface area contributed by atoms with Gasteiger partial charge in [-0.25, -0.2) is 0 Å². The summed E-state index contributed by atoms with van der Waals surface area (Å²) in [5.74, 6) is 0. The van der Waals surface area contributed by atoms with Crippen LogP contribution in [0.15, 0.2) is 48.6 Å². The number of hydrogen-bond acceptors (Lipinski definition) is 1. The lowest BCUT2D eigenvalue weighted by atomic mass is 9.95. The van der Waals surface area contributed by atoms with Crippen LogP contribution in [0.4, 0.5) is 0 Å². The van der Waals surface area contributed by atoms with Crippen molar-refractivity contribution in [1.82, 2.24) is 0 Å². The number of benzene rings is 2. The largest absolute Gasteiger partial charge is 0.135 e. The highest BCUT2D eigenvalue weighted by atomic mass is 32.1. The monoisotopic (exact) mass is 320 g/mol. The molecule has 2 aromatic carbocycles. The zero-order valence-corrected chi connectivity index (χ0v) is 15.2. The van der Waals surface area contributed by atoms with E-state index >= 15 is 0 Å². The summed E-state index contributed by atoms with van der Waals surface area (Å²) in [5, 5.41) is 4.06. The molecule has 0 amide bonds. The van der Waals surface area contributed by atoms with Gasteiger partial charge in [-0.05, 0) is 34.8 Å². The Bertz CT molecular complexity index is 885. The van der Waals surface area contributed by atoms with Gasteiger partial charge in [0, 0.05) is 20.5 Å². The molecule has 0 atom stereocenters. The topological polar surface area (TPSA) is 0 Å². The highest BCUT2D eigenvalue weighted by Gasteiger charge is 2.12. The first-order valence-electron chi connectivity index (χ1n) is 8.29. The maximum atomic E-state index is 2.31. The Morgan fingerprint density at radius 2 is 1.78 bits per heavy atom. The van der Waals surface area contributed by atoms with Crippen molar-refractivity contribution in [2.24, 2.45) is 5.41 Å². The first-order chi connectivity index (χ1) is 11.0. The van der Waals surface area contributed by atoms with Crippen LogP contribution in [0.2, 0.25) is 0 Å². The van der Waals surface area contributed by atoms with Crippen molar-refractivity contribution < 1.29 is 0 Å². The van der Waals surface area contributed by atoms with Gasteiger partial charge in [-0.2, -0.15) is 0 Å². The van der Waals surface area contributed by atoms with Gasteiger partial charge in [0.2, 0.25) is 0 Å². The van der Waals surface area contributed by atoms with Crippen molar-refractivity contribution in [2.75, 3.05) is 0 Å². The van der Waals surface area contributed by atoms with Gasteiger partial charge in [-0.3, -0.25) is 0 Å². The third-order valence-corrected chi connectivity index (χ3v) is 5.04. The van der Waals surface area contributed by atoms with Crippen LogP contribution in [-0.4, -0.2) is 0 Å². The fraction of sp³-hybridized carbons (Fsp3) is 0.273. The van der Waals surface area contributed by atoms with E-state index in [-0.39, 0.29) is 5.41 Å². The second-order valence-electron chi connectivity index (χ2n) is 7.05. The number of hydrogen-bond donors (Lipinski definition) is 0. The molecule has 0 N–H and O–H groups in total.